The molecule has 6 nitrogen and oxygen atoms in total. The minimum atomic E-state index is -0.215. The van der Waals surface area contributed by atoms with Crippen molar-refractivity contribution >= 4 is 27.6 Å². The van der Waals surface area contributed by atoms with Crippen LogP contribution in [0.15, 0.2) is 57.5 Å². The molecular weight excluding hydrogens is 408 g/mol. The highest BCUT2D eigenvalue weighted by Crippen LogP contribution is 2.22. The number of hydrogen-bond donors (Lipinski definition) is 2. The summed E-state index contributed by atoms with van der Waals surface area (Å²) < 4.78 is 6.38. The first kappa shape index (κ1) is 19.1. The van der Waals surface area contributed by atoms with Crippen molar-refractivity contribution in [3.63, 3.8) is 0 Å². The van der Waals surface area contributed by atoms with E-state index in [0.29, 0.717) is 23.8 Å². The summed E-state index contributed by atoms with van der Waals surface area (Å²) in [6.07, 6.45) is 1.44. The van der Waals surface area contributed by atoms with E-state index >= 15 is 0 Å². The summed E-state index contributed by atoms with van der Waals surface area (Å²) in [6, 6.07) is 15.2. The standard InChI is InChI=1S/C20H21BrN4O2/c1-3-13(2)22-20(26)23-16-10-8-14(9-11-16)19-24-18(27-25-19)12-15-6-4-5-7-17(15)21/h4-11,13H,3,12H2,1-2H3,(H2,22,23,26)/t13-/m0/s1. The van der Waals surface area contributed by atoms with Gasteiger partial charge in [0.15, 0.2) is 0 Å². The number of carbonyl (C=O) groups is 1. The van der Waals surface area contributed by atoms with Crippen molar-refractivity contribution in [1.29, 1.82) is 0 Å². The van der Waals surface area contributed by atoms with Gasteiger partial charge in [0, 0.05) is 21.8 Å². The van der Waals surface area contributed by atoms with Crippen molar-refractivity contribution in [1.82, 2.24) is 15.5 Å². The van der Waals surface area contributed by atoms with Gasteiger partial charge in [-0.3, -0.25) is 0 Å². The average Bonchev–Trinajstić information content (AvgIpc) is 3.12. The Morgan fingerprint density at radius 2 is 1.93 bits per heavy atom. The second kappa shape index (κ2) is 8.81. The van der Waals surface area contributed by atoms with E-state index in [1.54, 1.807) is 0 Å². The first-order valence-electron chi connectivity index (χ1n) is 8.79. The van der Waals surface area contributed by atoms with Crippen molar-refractivity contribution in [2.75, 3.05) is 5.32 Å². The molecule has 7 heteroatoms. The molecule has 1 atom stereocenters. The molecule has 2 amide bonds. The molecule has 0 saturated heterocycles. The quantitative estimate of drug-likeness (QED) is 0.577. The Kier molecular flexibility index (Phi) is 6.24. The van der Waals surface area contributed by atoms with E-state index in [1.807, 2.05) is 62.4 Å². The normalized spacial score (nSPS) is 11.8. The lowest BCUT2D eigenvalue weighted by molar-refractivity contribution is 0.249. The Balaban J connectivity index is 1.65. The van der Waals surface area contributed by atoms with Gasteiger partial charge in [-0.25, -0.2) is 4.79 Å². The first-order valence-corrected chi connectivity index (χ1v) is 9.58. The van der Waals surface area contributed by atoms with Gasteiger partial charge in [-0.2, -0.15) is 4.98 Å². The number of urea groups is 1. The molecule has 0 aliphatic carbocycles. The molecule has 0 saturated carbocycles. The maximum atomic E-state index is 11.9. The zero-order valence-corrected chi connectivity index (χ0v) is 16.8. The number of aromatic nitrogens is 2. The third-order valence-corrected chi connectivity index (χ3v) is 4.93. The number of nitrogens with zero attached hydrogens (tertiary/aromatic N) is 2. The Labute approximate surface area is 166 Å². The highest BCUT2D eigenvalue weighted by Gasteiger charge is 2.11. The number of halogens is 1. The Hall–Kier alpha value is -2.67. The summed E-state index contributed by atoms with van der Waals surface area (Å²) in [5, 5.41) is 9.72. The number of rotatable bonds is 6. The van der Waals surface area contributed by atoms with Gasteiger partial charge in [0.25, 0.3) is 0 Å². The molecule has 0 fully saturated rings. The maximum Gasteiger partial charge on any atom is 0.319 e. The molecule has 2 N–H and O–H groups in total. The summed E-state index contributed by atoms with van der Waals surface area (Å²) in [5.74, 6) is 1.07. The van der Waals surface area contributed by atoms with Gasteiger partial charge in [0.2, 0.25) is 11.7 Å². The minimum absolute atomic E-state index is 0.131. The van der Waals surface area contributed by atoms with Crippen LogP contribution in [0.25, 0.3) is 11.4 Å². The maximum absolute atomic E-state index is 11.9. The van der Waals surface area contributed by atoms with E-state index in [2.05, 4.69) is 36.7 Å². The number of anilines is 1. The molecule has 0 aliphatic rings. The fourth-order valence-corrected chi connectivity index (χ4v) is 2.87. The lowest BCUT2D eigenvalue weighted by Gasteiger charge is -2.12. The fourth-order valence-electron chi connectivity index (χ4n) is 2.44. The second-order valence-corrected chi connectivity index (χ2v) is 7.12. The van der Waals surface area contributed by atoms with Crippen LogP contribution in [-0.2, 0) is 6.42 Å². The van der Waals surface area contributed by atoms with Crippen molar-refractivity contribution in [2.24, 2.45) is 0 Å². The van der Waals surface area contributed by atoms with Crippen LogP contribution >= 0.6 is 15.9 Å². The van der Waals surface area contributed by atoms with Gasteiger partial charge in [-0.05, 0) is 49.2 Å². The lowest BCUT2D eigenvalue weighted by Crippen LogP contribution is -2.35. The van der Waals surface area contributed by atoms with E-state index in [0.717, 1.165) is 22.0 Å². The zero-order valence-electron chi connectivity index (χ0n) is 15.2. The van der Waals surface area contributed by atoms with Crippen LogP contribution in [0.1, 0.15) is 31.7 Å². The highest BCUT2D eigenvalue weighted by atomic mass is 79.9. The topological polar surface area (TPSA) is 80.0 Å². The van der Waals surface area contributed by atoms with Crippen LogP contribution in [-0.4, -0.2) is 22.2 Å². The van der Waals surface area contributed by atoms with Crippen LogP contribution in [0.2, 0.25) is 0 Å². The van der Waals surface area contributed by atoms with Crippen LogP contribution in [0.4, 0.5) is 10.5 Å². The number of carbonyl (C=O) groups excluding carboxylic acids is 1. The predicted octanol–water partition coefficient (Wildman–Crippen LogP) is 5.01. The molecule has 3 aromatic rings. The molecule has 27 heavy (non-hydrogen) atoms. The van der Waals surface area contributed by atoms with Gasteiger partial charge in [-0.1, -0.05) is 46.2 Å². The molecule has 1 heterocycles. The van der Waals surface area contributed by atoms with Crippen molar-refractivity contribution in [3.8, 4) is 11.4 Å². The van der Waals surface area contributed by atoms with Crippen LogP contribution in [0.3, 0.4) is 0 Å². The Morgan fingerprint density at radius 1 is 1.19 bits per heavy atom. The molecule has 3 rings (SSSR count). The largest absolute Gasteiger partial charge is 0.339 e. The van der Waals surface area contributed by atoms with E-state index in [1.165, 1.54) is 0 Å². The molecule has 0 radical (unpaired) electrons. The molecule has 2 aromatic carbocycles. The molecule has 1 aromatic heterocycles. The predicted molar refractivity (Wildman–Crippen MR) is 109 cm³/mol. The van der Waals surface area contributed by atoms with E-state index < -0.39 is 0 Å². The third-order valence-electron chi connectivity index (χ3n) is 4.16. The van der Waals surface area contributed by atoms with E-state index in [-0.39, 0.29) is 12.1 Å². The summed E-state index contributed by atoms with van der Waals surface area (Å²) >= 11 is 3.52. The van der Waals surface area contributed by atoms with Gasteiger partial charge in [0.1, 0.15) is 0 Å². The first-order chi connectivity index (χ1) is 13.0. The third kappa shape index (κ3) is 5.17. The van der Waals surface area contributed by atoms with E-state index in [4.69, 9.17) is 4.52 Å². The van der Waals surface area contributed by atoms with Crippen LogP contribution < -0.4 is 10.6 Å². The number of amides is 2. The highest BCUT2D eigenvalue weighted by molar-refractivity contribution is 9.10. The van der Waals surface area contributed by atoms with Gasteiger partial charge in [-0.15, -0.1) is 0 Å². The number of benzene rings is 2. The van der Waals surface area contributed by atoms with Crippen LogP contribution in [0.5, 0.6) is 0 Å². The van der Waals surface area contributed by atoms with Crippen LogP contribution in [0, 0.1) is 0 Å². The molecule has 140 valence electrons. The van der Waals surface area contributed by atoms with Gasteiger partial charge < -0.3 is 15.2 Å². The Bertz CT molecular complexity index is 908. The van der Waals surface area contributed by atoms with E-state index in [9.17, 15) is 4.79 Å². The minimum Gasteiger partial charge on any atom is -0.339 e. The average molecular weight is 429 g/mol. The van der Waals surface area contributed by atoms with Gasteiger partial charge >= 0.3 is 6.03 Å². The SMILES string of the molecule is CC[C@H](C)NC(=O)Nc1ccc(-c2noc(Cc3ccccc3Br)n2)cc1. The molecule has 0 aliphatic heterocycles. The summed E-state index contributed by atoms with van der Waals surface area (Å²) in [7, 11) is 0. The summed E-state index contributed by atoms with van der Waals surface area (Å²) in [6.45, 7) is 3.99. The summed E-state index contributed by atoms with van der Waals surface area (Å²) in [4.78, 5) is 16.3. The number of hydrogen-bond acceptors (Lipinski definition) is 4. The smallest absolute Gasteiger partial charge is 0.319 e. The molecular formula is C20H21BrN4O2. The molecule has 0 unspecified atom stereocenters. The second-order valence-electron chi connectivity index (χ2n) is 6.27. The molecule has 0 bridgehead atoms. The van der Waals surface area contributed by atoms with Gasteiger partial charge in [0.05, 0.1) is 6.42 Å². The van der Waals surface area contributed by atoms with Crippen molar-refractivity contribution < 1.29 is 9.32 Å². The fraction of sp³-hybridized carbons (Fsp3) is 0.250. The zero-order chi connectivity index (χ0) is 19.2. The van der Waals surface area contributed by atoms with Crippen molar-refractivity contribution in [3.05, 3.63) is 64.5 Å². The monoisotopic (exact) mass is 428 g/mol. The Morgan fingerprint density at radius 3 is 2.63 bits per heavy atom. The molecule has 0 spiro atoms. The summed E-state index contributed by atoms with van der Waals surface area (Å²) in [5.41, 5.74) is 2.61. The number of nitrogens with one attached hydrogen (secondary N) is 2. The lowest BCUT2D eigenvalue weighted by atomic mass is 10.1. The van der Waals surface area contributed by atoms with Crippen molar-refractivity contribution in [2.45, 2.75) is 32.7 Å².